The zero-order chi connectivity index (χ0) is 14.0. The molecule has 106 valence electrons. The third kappa shape index (κ3) is 6.25. The van der Waals surface area contributed by atoms with E-state index in [1.54, 1.807) is 0 Å². The molecule has 0 spiro atoms. The van der Waals surface area contributed by atoms with Crippen molar-refractivity contribution >= 4 is 35.1 Å². The Morgan fingerprint density at radius 2 is 1.10 bits per heavy atom. The number of alkyl halides is 1. The number of benzene rings is 2. The first-order valence-corrected chi connectivity index (χ1v) is 9.46. The van der Waals surface area contributed by atoms with Gasteiger partial charge in [0, 0.05) is 23.0 Å². The molecule has 0 fully saturated rings. The summed E-state index contributed by atoms with van der Waals surface area (Å²) in [4.78, 5) is 0. The van der Waals surface area contributed by atoms with Crippen LogP contribution in [0.4, 0.5) is 0 Å². The molecule has 20 heavy (non-hydrogen) atoms. The average molecular weight is 323 g/mol. The molecule has 0 aliphatic heterocycles. The zero-order valence-electron chi connectivity index (χ0n) is 11.4. The summed E-state index contributed by atoms with van der Waals surface area (Å²) in [6.45, 7) is 0. The molecular weight excluding hydrogens is 304 g/mol. The van der Waals surface area contributed by atoms with Gasteiger partial charge in [0.2, 0.25) is 0 Å². The quantitative estimate of drug-likeness (QED) is 0.592. The molecule has 3 heteroatoms. The van der Waals surface area contributed by atoms with Crippen LogP contribution in [-0.4, -0.2) is 16.9 Å². The summed E-state index contributed by atoms with van der Waals surface area (Å²) < 4.78 is 0. The van der Waals surface area contributed by atoms with Crippen LogP contribution in [0, 0.1) is 0 Å². The van der Waals surface area contributed by atoms with Crippen molar-refractivity contribution in [2.45, 2.75) is 16.9 Å². The van der Waals surface area contributed by atoms with Crippen molar-refractivity contribution in [2.24, 2.45) is 0 Å². The van der Waals surface area contributed by atoms with Gasteiger partial charge in [-0.05, 0) is 11.1 Å². The lowest BCUT2D eigenvalue weighted by molar-refractivity contribution is 1.13. The average Bonchev–Trinajstić information content (AvgIpc) is 2.49. The lowest BCUT2D eigenvalue weighted by Crippen LogP contribution is -2.06. The van der Waals surface area contributed by atoms with E-state index in [-0.39, 0.29) is 5.38 Å². The fourth-order valence-electron chi connectivity index (χ4n) is 1.81. The van der Waals surface area contributed by atoms with Gasteiger partial charge in [0.15, 0.2) is 0 Å². The first kappa shape index (κ1) is 15.8. The molecule has 2 rings (SSSR count). The Hall–Kier alpha value is -0.570. The highest BCUT2D eigenvalue weighted by atomic mass is 35.5. The molecule has 0 amide bonds. The van der Waals surface area contributed by atoms with Crippen LogP contribution in [0.2, 0.25) is 0 Å². The summed E-state index contributed by atoms with van der Waals surface area (Å²) in [5.41, 5.74) is 2.75. The Balaban J connectivity index is 1.58. The summed E-state index contributed by atoms with van der Waals surface area (Å²) in [5.74, 6) is 4.12. The molecule has 0 unspecified atom stereocenters. The van der Waals surface area contributed by atoms with Gasteiger partial charge in [0.25, 0.3) is 0 Å². The number of thioether (sulfide) groups is 2. The Kier molecular flexibility index (Phi) is 7.42. The van der Waals surface area contributed by atoms with Gasteiger partial charge in [-0.1, -0.05) is 60.7 Å². The van der Waals surface area contributed by atoms with Crippen LogP contribution in [0.15, 0.2) is 60.7 Å². The van der Waals surface area contributed by atoms with E-state index in [1.165, 1.54) is 11.1 Å². The molecule has 0 bridgehead atoms. The number of rotatable bonds is 8. The maximum Gasteiger partial charge on any atom is 0.0517 e. The smallest absolute Gasteiger partial charge is 0.0517 e. The van der Waals surface area contributed by atoms with Crippen LogP contribution in [0.5, 0.6) is 0 Å². The van der Waals surface area contributed by atoms with Crippen LogP contribution in [-0.2, 0) is 11.5 Å². The van der Waals surface area contributed by atoms with Crippen molar-refractivity contribution in [3.63, 3.8) is 0 Å². The third-order valence-electron chi connectivity index (χ3n) is 2.82. The Bertz CT molecular complexity index is 427. The third-order valence-corrected chi connectivity index (χ3v) is 5.85. The van der Waals surface area contributed by atoms with Crippen LogP contribution in [0.3, 0.4) is 0 Å². The van der Waals surface area contributed by atoms with Gasteiger partial charge in [-0.15, -0.1) is 11.6 Å². The SMILES string of the molecule is ClC(CSCc1ccccc1)CSCc1ccccc1. The van der Waals surface area contributed by atoms with E-state index < -0.39 is 0 Å². The zero-order valence-corrected chi connectivity index (χ0v) is 13.8. The number of halogens is 1. The number of hydrogen-bond donors (Lipinski definition) is 0. The molecule has 0 aliphatic rings. The molecule has 0 atom stereocenters. The molecular formula is C17H19ClS2. The fraction of sp³-hybridized carbons (Fsp3) is 0.294. The van der Waals surface area contributed by atoms with Crippen molar-refractivity contribution < 1.29 is 0 Å². The first-order valence-electron chi connectivity index (χ1n) is 6.72. The highest BCUT2D eigenvalue weighted by Gasteiger charge is 2.05. The maximum atomic E-state index is 6.37. The van der Waals surface area contributed by atoms with E-state index in [4.69, 9.17) is 11.6 Å². The molecule has 0 N–H and O–H groups in total. The van der Waals surface area contributed by atoms with Crippen LogP contribution in [0.25, 0.3) is 0 Å². The Morgan fingerprint density at radius 3 is 1.50 bits per heavy atom. The van der Waals surface area contributed by atoms with E-state index >= 15 is 0 Å². The first-order chi connectivity index (χ1) is 9.84. The molecule has 0 heterocycles. The molecule has 0 aromatic heterocycles. The van der Waals surface area contributed by atoms with E-state index in [2.05, 4.69) is 60.7 Å². The second-order valence-corrected chi connectivity index (χ2v) is 7.28. The predicted octanol–water partition coefficient (Wildman–Crippen LogP) is 5.46. The van der Waals surface area contributed by atoms with Crippen molar-refractivity contribution in [1.29, 1.82) is 0 Å². The van der Waals surface area contributed by atoms with Gasteiger partial charge in [0.1, 0.15) is 0 Å². The fourth-order valence-corrected chi connectivity index (χ4v) is 4.33. The van der Waals surface area contributed by atoms with Crippen LogP contribution in [0.1, 0.15) is 11.1 Å². The van der Waals surface area contributed by atoms with Gasteiger partial charge in [-0.25, -0.2) is 0 Å². The van der Waals surface area contributed by atoms with Gasteiger partial charge in [0.05, 0.1) is 5.38 Å². The standard InChI is InChI=1S/C17H19ClS2/c18-17(13-19-11-15-7-3-1-4-8-15)14-20-12-16-9-5-2-6-10-16/h1-10,17H,11-14H2. The monoisotopic (exact) mass is 322 g/mol. The maximum absolute atomic E-state index is 6.37. The second-order valence-electron chi connectivity index (χ2n) is 4.60. The summed E-state index contributed by atoms with van der Waals surface area (Å²) >= 11 is 10.2. The molecule has 0 aliphatic carbocycles. The minimum absolute atomic E-state index is 0.248. The normalized spacial score (nSPS) is 10.9. The van der Waals surface area contributed by atoms with Gasteiger partial charge in [-0.2, -0.15) is 23.5 Å². The van der Waals surface area contributed by atoms with E-state index in [0.717, 1.165) is 23.0 Å². The molecule has 0 radical (unpaired) electrons. The van der Waals surface area contributed by atoms with Gasteiger partial charge < -0.3 is 0 Å². The van der Waals surface area contributed by atoms with Crippen molar-refractivity contribution in [3.8, 4) is 0 Å². The molecule has 0 saturated heterocycles. The van der Waals surface area contributed by atoms with Crippen molar-refractivity contribution in [3.05, 3.63) is 71.8 Å². The van der Waals surface area contributed by atoms with E-state index in [0.29, 0.717) is 0 Å². The molecule has 2 aromatic carbocycles. The minimum Gasteiger partial charge on any atom is -0.156 e. The van der Waals surface area contributed by atoms with E-state index in [9.17, 15) is 0 Å². The lowest BCUT2D eigenvalue weighted by Gasteiger charge is -2.09. The van der Waals surface area contributed by atoms with E-state index in [1.807, 2.05) is 23.5 Å². The molecule has 0 nitrogen and oxygen atoms in total. The lowest BCUT2D eigenvalue weighted by atomic mass is 10.2. The largest absolute Gasteiger partial charge is 0.156 e. The molecule has 0 saturated carbocycles. The predicted molar refractivity (Wildman–Crippen MR) is 94.8 cm³/mol. The highest BCUT2D eigenvalue weighted by Crippen LogP contribution is 2.20. The summed E-state index contributed by atoms with van der Waals surface area (Å²) in [6, 6.07) is 21.1. The van der Waals surface area contributed by atoms with Crippen molar-refractivity contribution in [2.75, 3.05) is 11.5 Å². The summed E-state index contributed by atoms with van der Waals surface area (Å²) in [5, 5.41) is 0.248. The highest BCUT2D eigenvalue weighted by molar-refractivity contribution is 7.99. The van der Waals surface area contributed by atoms with Gasteiger partial charge >= 0.3 is 0 Å². The topological polar surface area (TPSA) is 0 Å². The second kappa shape index (κ2) is 9.38. The summed E-state index contributed by atoms with van der Waals surface area (Å²) in [7, 11) is 0. The number of hydrogen-bond acceptors (Lipinski definition) is 2. The van der Waals surface area contributed by atoms with Crippen LogP contribution >= 0.6 is 35.1 Å². The summed E-state index contributed by atoms with van der Waals surface area (Å²) in [6.07, 6.45) is 0. The van der Waals surface area contributed by atoms with Gasteiger partial charge in [-0.3, -0.25) is 0 Å². The minimum atomic E-state index is 0.248. The molecule has 2 aromatic rings. The van der Waals surface area contributed by atoms with Crippen molar-refractivity contribution in [1.82, 2.24) is 0 Å². The Morgan fingerprint density at radius 1 is 0.700 bits per heavy atom. The Labute approximate surface area is 135 Å². The van der Waals surface area contributed by atoms with Crippen LogP contribution < -0.4 is 0 Å².